The van der Waals surface area contributed by atoms with Crippen LogP contribution in [-0.2, 0) is 12.8 Å². The van der Waals surface area contributed by atoms with Gasteiger partial charge in [-0.15, -0.1) is 0 Å². The van der Waals surface area contributed by atoms with E-state index < -0.39 is 0 Å². The summed E-state index contributed by atoms with van der Waals surface area (Å²) >= 11 is 0. The predicted molar refractivity (Wildman–Crippen MR) is 75.5 cm³/mol. The minimum Gasteiger partial charge on any atom is -0.329 e. The highest BCUT2D eigenvalue weighted by molar-refractivity contribution is 5.30. The van der Waals surface area contributed by atoms with Crippen molar-refractivity contribution in [3.05, 3.63) is 35.4 Å². The summed E-state index contributed by atoms with van der Waals surface area (Å²) < 4.78 is 0. The van der Waals surface area contributed by atoms with Crippen molar-refractivity contribution in [1.29, 1.82) is 0 Å². The number of likely N-dealkylation sites (N-methyl/N-ethyl adjacent to an activating group) is 1. The van der Waals surface area contributed by atoms with Crippen molar-refractivity contribution in [2.24, 2.45) is 17.6 Å². The number of rotatable bonds is 3. The molecule has 2 nitrogen and oxygen atoms in total. The fraction of sp³-hybridized carbons (Fsp3) is 0.625. The van der Waals surface area contributed by atoms with Gasteiger partial charge in [-0.05, 0) is 55.7 Å². The molecule has 1 aromatic rings. The molecular formula is C16H24N2. The van der Waals surface area contributed by atoms with Crippen LogP contribution in [0.3, 0.4) is 0 Å². The fourth-order valence-corrected chi connectivity index (χ4v) is 4.19. The van der Waals surface area contributed by atoms with Gasteiger partial charge in [-0.2, -0.15) is 0 Å². The first-order valence-corrected chi connectivity index (χ1v) is 7.26. The molecule has 0 aromatic heterocycles. The van der Waals surface area contributed by atoms with E-state index in [0.717, 1.165) is 31.0 Å². The Labute approximate surface area is 110 Å². The Balaban J connectivity index is 1.86. The van der Waals surface area contributed by atoms with Crippen LogP contribution < -0.4 is 5.73 Å². The van der Waals surface area contributed by atoms with Crippen LogP contribution in [-0.4, -0.2) is 31.1 Å². The maximum absolute atomic E-state index is 5.73. The first-order valence-electron chi connectivity index (χ1n) is 7.26. The van der Waals surface area contributed by atoms with Crippen LogP contribution in [0, 0.1) is 11.8 Å². The number of nitrogens with two attached hydrogens (primary N) is 1. The van der Waals surface area contributed by atoms with Gasteiger partial charge in [0, 0.05) is 19.1 Å². The molecule has 0 aliphatic heterocycles. The quantitative estimate of drug-likeness (QED) is 0.882. The zero-order valence-electron chi connectivity index (χ0n) is 11.3. The molecular weight excluding hydrogens is 220 g/mol. The van der Waals surface area contributed by atoms with E-state index in [1.54, 1.807) is 11.1 Å². The van der Waals surface area contributed by atoms with E-state index in [1.807, 2.05) is 0 Å². The molecule has 18 heavy (non-hydrogen) atoms. The molecule has 2 bridgehead atoms. The SMILES string of the molecule is CN(CCN)C1C2CCC1Cc1ccccc1C2. The molecule has 1 aromatic carbocycles. The second kappa shape index (κ2) is 5.02. The standard InChI is InChI=1S/C16H24N2/c1-18(9-8-17)16-14-6-7-15(16)11-13-5-3-2-4-12(13)10-14/h2-5,14-16H,6-11,17H2,1H3. The Hall–Kier alpha value is -0.860. The van der Waals surface area contributed by atoms with Gasteiger partial charge in [0.2, 0.25) is 0 Å². The van der Waals surface area contributed by atoms with Crippen LogP contribution in [0.4, 0.5) is 0 Å². The Kier molecular flexibility index (Phi) is 3.40. The normalized spacial score (nSPS) is 30.3. The van der Waals surface area contributed by atoms with Gasteiger partial charge >= 0.3 is 0 Å². The van der Waals surface area contributed by atoms with Crippen LogP contribution >= 0.6 is 0 Å². The molecule has 1 fully saturated rings. The number of fused-ring (bicyclic) bond motifs is 3. The molecule has 3 rings (SSSR count). The summed E-state index contributed by atoms with van der Waals surface area (Å²) in [5, 5.41) is 0. The smallest absolute Gasteiger partial charge is 0.0156 e. The minimum absolute atomic E-state index is 0.751. The molecule has 2 atom stereocenters. The van der Waals surface area contributed by atoms with E-state index in [1.165, 1.54) is 25.7 Å². The van der Waals surface area contributed by atoms with Crippen molar-refractivity contribution in [3.8, 4) is 0 Å². The van der Waals surface area contributed by atoms with Crippen molar-refractivity contribution in [2.75, 3.05) is 20.1 Å². The Morgan fingerprint density at radius 3 is 2.17 bits per heavy atom. The third-order valence-corrected chi connectivity index (χ3v) is 4.95. The van der Waals surface area contributed by atoms with E-state index in [2.05, 4.69) is 36.2 Å². The van der Waals surface area contributed by atoms with Crippen LogP contribution in [0.5, 0.6) is 0 Å². The topological polar surface area (TPSA) is 29.3 Å². The largest absolute Gasteiger partial charge is 0.329 e. The minimum atomic E-state index is 0.751. The van der Waals surface area contributed by atoms with Gasteiger partial charge in [-0.1, -0.05) is 24.3 Å². The van der Waals surface area contributed by atoms with Crippen molar-refractivity contribution >= 4 is 0 Å². The third kappa shape index (κ3) is 2.08. The lowest BCUT2D eigenvalue weighted by molar-refractivity contribution is 0.164. The fourth-order valence-electron chi connectivity index (χ4n) is 4.19. The van der Waals surface area contributed by atoms with E-state index in [9.17, 15) is 0 Å². The second-order valence-electron chi connectivity index (χ2n) is 6.03. The molecule has 2 heteroatoms. The molecule has 0 saturated heterocycles. The predicted octanol–water partition coefficient (Wildman–Crippen LogP) is 2.07. The number of benzene rings is 1. The van der Waals surface area contributed by atoms with E-state index in [4.69, 9.17) is 5.73 Å². The van der Waals surface area contributed by atoms with Gasteiger partial charge in [-0.3, -0.25) is 0 Å². The van der Waals surface area contributed by atoms with Crippen LogP contribution in [0.1, 0.15) is 24.0 Å². The van der Waals surface area contributed by atoms with Gasteiger partial charge in [-0.25, -0.2) is 0 Å². The summed E-state index contributed by atoms with van der Waals surface area (Å²) in [7, 11) is 2.26. The molecule has 2 N–H and O–H groups in total. The molecule has 0 amide bonds. The van der Waals surface area contributed by atoms with Crippen LogP contribution in [0.15, 0.2) is 24.3 Å². The Bertz CT molecular complexity index is 382. The van der Waals surface area contributed by atoms with Crippen molar-refractivity contribution < 1.29 is 0 Å². The van der Waals surface area contributed by atoms with E-state index in [0.29, 0.717) is 0 Å². The summed E-state index contributed by atoms with van der Waals surface area (Å²) in [4.78, 5) is 2.52. The van der Waals surface area contributed by atoms with Gasteiger partial charge in [0.05, 0.1) is 0 Å². The Morgan fingerprint density at radius 2 is 1.67 bits per heavy atom. The van der Waals surface area contributed by atoms with Gasteiger partial charge in [0.25, 0.3) is 0 Å². The first kappa shape index (κ1) is 12.2. The van der Waals surface area contributed by atoms with Crippen molar-refractivity contribution in [3.63, 3.8) is 0 Å². The highest BCUT2D eigenvalue weighted by Crippen LogP contribution is 2.42. The average Bonchev–Trinajstić information content (AvgIpc) is 2.65. The summed E-state index contributed by atoms with van der Waals surface area (Å²) in [6.07, 6.45) is 5.34. The monoisotopic (exact) mass is 244 g/mol. The third-order valence-electron chi connectivity index (χ3n) is 4.95. The maximum Gasteiger partial charge on any atom is 0.0156 e. The summed E-state index contributed by atoms with van der Waals surface area (Å²) in [5.74, 6) is 1.69. The molecule has 2 aliphatic carbocycles. The lowest BCUT2D eigenvalue weighted by atomic mass is 9.94. The highest BCUT2D eigenvalue weighted by atomic mass is 15.1. The number of nitrogens with zero attached hydrogens (tertiary/aromatic N) is 1. The lowest BCUT2D eigenvalue weighted by Crippen LogP contribution is -2.42. The molecule has 0 spiro atoms. The number of hydrogen-bond donors (Lipinski definition) is 1. The van der Waals surface area contributed by atoms with E-state index in [-0.39, 0.29) is 0 Å². The van der Waals surface area contributed by atoms with Crippen LogP contribution in [0.2, 0.25) is 0 Å². The molecule has 98 valence electrons. The van der Waals surface area contributed by atoms with Crippen molar-refractivity contribution in [2.45, 2.75) is 31.7 Å². The molecule has 2 aliphatic rings. The summed E-state index contributed by atoms with van der Waals surface area (Å²) in [6, 6.07) is 9.79. The zero-order chi connectivity index (χ0) is 12.5. The van der Waals surface area contributed by atoms with Gasteiger partial charge in [0.1, 0.15) is 0 Å². The first-order chi connectivity index (χ1) is 8.79. The summed E-state index contributed by atoms with van der Waals surface area (Å²) in [5.41, 5.74) is 8.92. The highest BCUT2D eigenvalue weighted by Gasteiger charge is 2.40. The molecule has 0 radical (unpaired) electrons. The maximum atomic E-state index is 5.73. The molecule has 2 unspecified atom stereocenters. The molecule has 0 heterocycles. The van der Waals surface area contributed by atoms with Crippen molar-refractivity contribution in [1.82, 2.24) is 4.90 Å². The number of hydrogen-bond acceptors (Lipinski definition) is 2. The zero-order valence-corrected chi connectivity index (χ0v) is 11.3. The molecule has 1 saturated carbocycles. The second-order valence-corrected chi connectivity index (χ2v) is 6.03. The van der Waals surface area contributed by atoms with Gasteiger partial charge in [0.15, 0.2) is 0 Å². The van der Waals surface area contributed by atoms with E-state index >= 15 is 0 Å². The average molecular weight is 244 g/mol. The van der Waals surface area contributed by atoms with Gasteiger partial charge < -0.3 is 10.6 Å². The van der Waals surface area contributed by atoms with Crippen LogP contribution in [0.25, 0.3) is 0 Å². The lowest BCUT2D eigenvalue weighted by Gasteiger charge is -2.32. The summed E-state index contributed by atoms with van der Waals surface area (Å²) in [6.45, 7) is 1.81. The Morgan fingerprint density at radius 1 is 1.11 bits per heavy atom.